The van der Waals surface area contributed by atoms with Crippen LogP contribution in [0.25, 0.3) is 6.08 Å². The van der Waals surface area contributed by atoms with Crippen molar-refractivity contribution in [2.75, 3.05) is 0 Å². The third-order valence-corrected chi connectivity index (χ3v) is 8.51. The van der Waals surface area contributed by atoms with Crippen LogP contribution in [0, 0.1) is 0 Å². The molecular weight excluding hydrogens is 534 g/mol. The number of fused-ring (bicyclic) bond motifs is 3. The Hall–Kier alpha value is -4.52. The number of nitrogens with one attached hydrogen (secondary N) is 1. The summed E-state index contributed by atoms with van der Waals surface area (Å²) in [5.41, 5.74) is 6.28. The molecule has 43 heavy (non-hydrogen) atoms. The smallest absolute Gasteiger partial charge is 0.162 e. The Morgan fingerprint density at radius 1 is 0.628 bits per heavy atom. The van der Waals surface area contributed by atoms with Crippen LogP contribution in [0.4, 0.5) is 0 Å². The monoisotopic (exact) mass is 571 g/mol. The maximum absolute atomic E-state index is 6.65. The van der Waals surface area contributed by atoms with Crippen molar-refractivity contribution in [2.45, 2.75) is 56.9 Å². The Morgan fingerprint density at radius 2 is 1.16 bits per heavy atom. The number of ether oxygens (including phenoxy) is 2. The zero-order valence-corrected chi connectivity index (χ0v) is 24.2. The zero-order chi connectivity index (χ0) is 28.8. The van der Waals surface area contributed by atoms with E-state index in [1.807, 2.05) is 30.3 Å². The summed E-state index contributed by atoms with van der Waals surface area (Å²) < 4.78 is 13.3. The third kappa shape index (κ3) is 6.17. The van der Waals surface area contributed by atoms with Gasteiger partial charge in [-0.05, 0) is 37.1 Å². The molecule has 0 amide bonds. The number of benzene rings is 3. The lowest BCUT2D eigenvalue weighted by atomic mass is 10.0. The van der Waals surface area contributed by atoms with E-state index in [4.69, 9.17) is 14.3 Å². The number of nitrogens with zero attached hydrogens (tertiary/aromatic N) is 2. The van der Waals surface area contributed by atoms with Gasteiger partial charge in [0.15, 0.2) is 18.2 Å². The van der Waals surface area contributed by atoms with Gasteiger partial charge in [-0.3, -0.25) is 9.80 Å². The summed E-state index contributed by atoms with van der Waals surface area (Å²) in [4.78, 5) is 10.1. The minimum Gasteiger partial charge on any atom is -0.475 e. The molecule has 3 aliphatic heterocycles. The average molecular weight is 572 g/mol. The number of hydrogen-bond acceptors (Lipinski definition) is 6. The van der Waals surface area contributed by atoms with Gasteiger partial charge in [0.25, 0.3) is 0 Å². The third-order valence-electron chi connectivity index (χ3n) is 8.51. The molecule has 0 radical (unpaired) electrons. The Bertz CT molecular complexity index is 1490. The highest BCUT2D eigenvalue weighted by molar-refractivity contribution is 5.58. The molecule has 3 aromatic carbocycles. The van der Waals surface area contributed by atoms with Gasteiger partial charge in [-0.1, -0.05) is 103 Å². The molecule has 0 saturated carbocycles. The van der Waals surface area contributed by atoms with E-state index in [9.17, 15) is 0 Å². The second-order valence-corrected chi connectivity index (χ2v) is 11.3. The van der Waals surface area contributed by atoms with Crippen LogP contribution in [0.1, 0.15) is 36.0 Å². The number of para-hydroxylation sites is 3. The first-order valence-corrected chi connectivity index (χ1v) is 15.2. The quantitative estimate of drug-likeness (QED) is 0.359. The fraction of sp³-hybridized carbons (Fsp3) is 0.243. The van der Waals surface area contributed by atoms with Crippen molar-refractivity contribution in [3.8, 4) is 17.2 Å². The second-order valence-electron chi connectivity index (χ2n) is 11.3. The molecule has 6 nitrogen and oxygen atoms in total. The lowest BCUT2D eigenvalue weighted by Crippen LogP contribution is -2.54. The minimum absolute atomic E-state index is 0.0538. The molecule has 4 atom stereocenters. The molecule has 0 fully saturated rings. The molecule has 218 valence electrons. The molecule has 1 N–H and O–H groups in total. The molecule has 0 bridgehead atoms. The van der Waals surface area contributed by atoms with Crippen molar-refractivity contribution < 1.29 is 14.3 Å². The van der Waals surface area contributed by atoms with Crippen LogP contribution in [-0.2, 0) is 13.1 Å². The molecule has 5 aliphatic rings. The Morgan fingerprint density at radius 3 is 1.70 bits per heavy atom. The highest BCUT2D eigenvalue weighted by Crippen LogP contribution is 2.37. The summed E-state index contributed by atoms with van der Waals surface area (Å²) in [5, 5.41) is 0. The lowest BCUT2D eigenvalue weighted by molar-refractivity contribution is -0.0922. The van der Waals surface area contributed by atoms with Gasteiger partial charge in [-0.15, -0.1) is 0 Å². The van der Waals surface area contributed by atoms with Crippen LogP contribution in [0.3, 0.4) is 0 Å². The highest BCUT2D eigenvalue weighted by atomic mass is 16.6. The van der Waals surface area contributed by atoms with E-state index in [2.05, 4.69) is 112 Å². The van der Waals surface area contributed by atoms with Crippen LogP contribution in [-0.4, -0.2) is 34.3 Å². The molecule has 4 unspecified atom stereocenters. The summed E-state index contributed by atoms with van der Waals surface area (Å²) >= 11 is 0. The molecule has 6 heteroatoms. The molecular formula is C37H37N3O3. The van der Waals surface area contributed by atoms with Crippen LogP contribution in [0.15, 0.2) is 128 Å². The second kappa shape index (κ2) is 12.8. The van der Waals surface area contributed by atoms with E-state index in [1.165, 1.54) is 11.1 Å². The number of allylic oxidation sites excluding steroid dienone is 4. The van der Waals surface area contributed by atoms with Crippen molar-refractivity contribution in [2.24, 2.45) is 0 Å². The van der Waals surface area contributed by atoms with Gasteiger partial charge in [0.1, 0.15) is 11.5 Å². The average Bonchev–Trinajstić information content (AvgIpc) is 3.09. The summed E-state index contributed by atoms with van der Waals surface area (Å²) in [7, 11) is 0. The van der Waals surface area contributed by atoms with Gasteiger partial charge in [-0.2, -0.15) is 0 Å². The Balaban J connectivity index is 0.000000253. The highest BCUT2D eigenvalue weighted by Gasteiger charge is 2.39. The van der Waals surface area contributed by atoms with Crippen molar-refractivity contribution in [3.63, 3.8) is 0 Å². The van der Waals surface area contributed by atoms with Gasteiger partial charge in [0.05, 0.1) is 0 Å². The standard InChI is InChI=1S/C29H30N2O2.C8H7NO/c1-3-13-24(14-4-1)30-20-22-11-7-9-17-26(22)32-28(30)19-29-31(25-15-5-2-6-16-25)21-23-12-8-10-18-27(23)33-29;1-2-4-8-7(3-1)5-6-9-10-8/h1-13,15,17-18,24-25,28-29H,14,16,19-21H2;1-6,9H. The minimum atomic E-state index is -0.0538. The lowest BCUT2D eigenvalue weighted by Gasteiger charge is -2.46. The molecule has 2 aliphatic carbocycles. The van der Waals surface area contributed by atoms with Crippen molar-refractivity contribution in [1.29, 1.82) is 0 Å². The SMILES string of the molecule is C1=CCC(N2Cc3ccccc3OC2CC2Oc3ccccc3CN2C2C=CC=CC2)C=C1.C1=Cc2ccccc2ON1. The van der Waals surface area contributed by atoms with Crippen LogP contribution in [0.2, 0.25) is 0 Å². The van der Waals surface area contributed by atoms with E-state index in [0.29, 0.717) is 12.1 Å². The number of rotatable bonds is 4. The zero-order valence-electron chi connectivity index (χ0n) is 24.2. The fourth-order valence-corrected chi connectivity index (χ4v) is 6.28. The summed E-state index contributed by atoms with van der Waals surface area (Å²) in [6, 6.07) is 25.4. The summed E-state index contributed by atoms with van der Waals surface area (Å²) in [5.74, 6) is 2.87. The van der Waals surface area contributed by atoms with Gasteiger partial charge in [0.2, 0.25) is 0 Å². The van der Waals surface area contributed by atoms with Gasteiger partial charge in [-0.25, -0.2) is 5.48 Å². The Kier molecular flexibility index (Phi) is 8.12. The van der Waals surface area contributed by atoms with Crippen molar-refractivity contribution in [1.82, 2.24) is 15.3 Å². The number of hydrogen-bond donors (Lipinski definition) is 1. The van der Waals surface area contributed by atoms with Crippen LogP contribution < -0.4 is 19.8 Å². The molecule has 3 heterocycles. The van der Waals surface area contributed by atoms with Gasteiger partial charge in [0, 0.05) is 54.5 Å². The number of hydroxylamine groups is 1. The van der Waals surface area contributed by atoms with Crippen molar-refractivity contribution in [3.05, 3.63) is 144 Å². The molecule has 8 rings (SSSR count). The Labute approximate surface area is 253 Å². The van der Waals surface area contributed by atoms with Crippen molar-refractivity contribution >= 4 is 6.08 Å². The van der Waals surface area contributed by atoms with Crippen LogP contribution in [0.5, 0.6) is 17.2 Å². The fourth-order valence-electron chi connectivity index (χ4n) is 6.28. The molecule has 3 aromatic rings. The van der Waals surface area contributed by atoms with E-state index in [1.54, 1.807) is 6.20 Å². The summed E-state index contributed by atoms with van der Waals surface area (Å²) in [6.07, 6.45) is 24.1. The maximum Gasteiger partial charge on any atom is 0.162 e. The first-order valence-electron chi connectivity index (χ1n) is 15.2. The molecule has 0 aromatic heterocycles. The first kappa shape index (κ1) is 27.3. The topological polar surface area (TPSA) is 46.2 Å². The normalized spacial score (nSPS) is 25.0. The van der Waals surface area contributed by atoms with E-state index in [0.717, 1.165) is 55.2 Å². The van der Waals surface area contributed by atoms with E-state index < -0.39 is 0 Å². The van der Waals surface area contributed by atoms with E-state index in [-0.39, 0.29) is 12.5 Å². The largest absolute Gasteiger partial charge is 0.475 e. The van der Waals surface area contributed by atoms with E-state index >= 15 is 0 Å². The van der Waals surface area contributed by atoms with Gasteiger partial charge < -0.3 is 14.3 Å². The first-order chi connectivity index (χ1) is 21.3. The predicted octanol–water partition coefficient (Wildman–Crippen LogP) is 7.14. The molecule has 0 saturated heterocycles. The maximum atomic E-state index is 6.65. The van der Waals surface area contributed by atoms with Gasteiger partial charge >= 0.3 is 0 Å². The van der Waals surface area contributed by atoms with Crippen LogP contribution >= 0.6 is 0 Å². The predicted molar refractivity (Wildman–Crippen MR) is 170 cm³/mol. The summed E-state index contributed by atoms with van der Waals surface area (Å²) in [6.45, 7) is 1.78. The molecule has 0 spiro atoms.